The van der Waals surface area contributed by atoms with Crippen molar-refractivity contribution in [2.45, 2.75) is 13.3 Å². The number of amides is 1. The largest absolute Gasteiger partial charge is 0.380 e. The van der Waals surface area contributed by atoms with Gasteiger partial charge in [0.25, 0.3) is 5.91 Å². The molecule has 1 heterocycles. The van der Waals surface area contributed by atoms with Gasteiger partial charge in [0.2, 0.25) is 0 Å². The Balaban J connectivity index is 2.11. The molecule has 0 aliphatic rings. The van der Waals surface area contributed by atoms with Crippen LogP contribution in [0.3, 0.4) is 0 Å². The van der Waals surface area contributed by atoms with Gasteiger partial charge in [0, 0.05) is 25.1 Å². The third kappa shape index (κ3) is 4.63. The SMILES string of the molecule is Cc1cc(C(=O)NCCCOCCCl)no1. The van der Waals surface area contributed by atoms with Crippen molar-refractivity contribution in [1.82, 2.24) is 10.5 Å². The minimum atomic E-state index is -0.228. The van der Waals surface area contributed by atoms with Crippen molar-refractivity contribution < 1.29 is 14.1 Å². The number of carbonyl (C=O) groups excluding carboxylic acids is 1. The van der Waals surface area contributed by atoms with Gasteiger partial charge in [-0.3, -0.25) is 4.79 Å². The van der Waals surface area contributed by atoms with Crippen molar-refractivity contribution in [3.05, 3.63) is 17.5 Å². The highest BCUT2D eigenvalue weighted by molar-refractivity contribution is 6.17. The van der Waals surface area contributed by atoms with Crippen molar-refractivity contribution in [3.63, 3.8) is 0 Å². The molecule has 0 fully saturated rings. The molecular formula is C10H15ClN2O3. The highest BCUT2D eigenvalue weighted by atomic mass is 35.5. The van der Waals surface area contributed by atoms with Crippen LogP contribution in [-0.2, 0) is 4.74 Å². The standard InChI is InChI=1S/C10H15ClN2O3/c1-8-7-9(13-16-8)10(14)12-4-2-5-15-6-3-11/h7H,2-6H2,1H3,(H,12,14). The van der Waals surface area contributed by atoms with Crippen LogP contribution in [0, 0.1) is 6.92 Å². The van der Waals surface area contributed by atoms with Crippen LogP contribution in [0.1, 0.15) is 22.7 Å². The minimum Gasteiger partial charge on any atom is -0.380 e. The summed E-state index contributed by atoms with van der Waals surface area (Å²) < 4.78 is 9.95. The molecule has 0 radical (unpaired) electrons. The molecule has 0 saturated carbocycles. The molecule has 1 rings (SSSR count). The molecule has 90 valence electrons. The van der Waals surface area contributed by atoms with Crippen molar-refractivity contribution in [1.29, 1.82) is 0 Å². The average molecular weight is 247 g/mol. The lowest BCUT2D eigenvalue weighted by Gasteiger charge is -2.03. The van der Waals surface area contributed by atoms with Crippen LogP contribution in [0.5, 0.6) is 0 Å². The summed E-state index contributed by atoms with van der Waals surface area (Å²) in [7, 11) is 0. The van der Waals surface area contributed by atoms with Gasteiger partial charge in [0.15, 0.2) is 5.69 Å². The highest BCUT2D eigenvalue weighted by Gasteiger charge is 2.09. The number of aromatic nitrogens is 1. The molecule has 1 amide bonds. The van der Waals surface area contributed by atoms with Crippen molar-refractivity contribution in [3.8, 4) is 0 Å². The Bertz CT molecular complexity index is 328. The molecule has 0 aliphatic carbocycles. The average Bonchev–Trinajstić information content (AvgIpc) is 2.70. The van der Waals surface area contributed by atoms with Crippen LogP contribution in [0.2, 0.25) is 0 Å². The molecule has 5 nitrogen and oxygen atoms in total. The summed E-state index contributed by atoms with van der Waals surface area (Å²) in [5, 5.41) is 6.32. The van der Waals surface area contributed by atoms with Gasteiger partial charge in [-0.25, -0.2) is 0 Å². The molecular weight excluding hydrogens is 232 g/mol. The third-order valence-electron chi connectivity index (χ3n) is 1.83. The molecule has 0 aliphatic heterocycles. The van der Waals surface area contributed by atoms with Gasteiger partial charge in [-0.15, -0.1) is 11.6 Å². The molecule has 0 bridgehead atoms. The van der Waals surface area contributed by atoms with E-state index >= 15 is 0 Å². The van der Waals surface area contributed by atoms with Gasteiger partial charge in [0.1, 0.15) is 5.76 Å². The summed E-state index contributed by atoms with van der Waals surface area (Å²) in [5.41, 5.74) is 0.305. The fraction of sp³-hybridized carbons (Fsp3) is 0.600. The molecule has 16 heavy (non-hydrogen) atoms. The monoisotopic (exact) mass is 246 g/mol. The van der Waals surface area contributed by atoms with E-state index in [9.17, 15) is 4.79 Å². The lowest BCUT2D eigenvalue weighted by atomic mass is 10.3. The summed E-state index contributed by atoms with van der Waals surface area (Å²) in [6, 6.07) is 1.60. The molecule has 0 aromatic carbocycles. The van der Waals surface area contributed by atoms with E-state index in [4.69, 9.17) is 20.9 Å². The lowest BCUT2D eigenvalue weighted by Crippen LogP contribution is -2.25. The van der Waals surface area contributed by atoms with Crippen LogP contribution in [0.25, 0.3) is 0 Å². The highest BCUT2D eigenvalue weighted by Crippen LogP contribution is 2.00. The minimum absolute atomic E-state index is 0.228. The van der Waals surface area contributed by atoms with Crippen molar-refractivity contribution in [2.24, 2.45) is 0 Å². The fourth-order valence-electron chi connectivity index (χ4n) is 1.10. The molecule has 1 aromatic rings. The second kappa shape index (κ2) is 7.24. The van der Waals surface area contributed by atoms with E-state index in [0.29, 0.717) is 37.1 Å². The third-order valence-corrected chi connectivity index (χ3v) is 1.99. The first-order chi connectivity index (χ1) is 7.74. The maximum Gasteiger partial charge on any atom is 0.273 e. The summed E-state index contributed by atoms with van der Waals surface area (Å²) in [5.74, 6) is 0.884. The van der Waals surface area contributed by atoms with Crippen molar-refractivity contribution >= 4 is 17.5 Å². The number of nitrogens with zero attached hydrogens (tertiary/aromatic N) is 1. The first-order valence-corrected chi connectivity index (χ1v) is 5.62. The lowest BCUT2D eigenvalue weighted by molar-refractivity contribution is 0.0935. The Morgan fingerprint density at radius 1 is 1.62 bits per heavy atom. The summed E-state index contributed by atoms with van der Waals surface area (Å²) in [6.07, 6.45) is 0.749. The zero-order valence-corrected chi connectivity index (χ0v) is 9.92. The molecule has 1 N–H and O–H groups in total. The second-order valence-electron chi connectivity index (χ2n) is 3.23. The number of aryl methyl sites for hydroxylation is 1. The summed E-state index contributed by atoms with van der Waals surface area (Å²) in [6.45, 7) is 3.42. The van der Waals surface area contributed by atoms with Gasteiger partial charge in [-0.2, -0.15) is 0 Å². The smallest absolute Gasteiger partial charge is 0.273 e. The Kier molecular flexibility index (Phi) is 5.88. The van der Waals surface area contributed by atoms with Crippen LogP contribution < -0.4 is 5.32 Å². The predicted molar refractivity (Wildman–Crippen MR) is 59.7 cm³/mol. The first kappa shape index (κ1) is 13.0. The number of alkyl halides is 1. The summed E-state index contributed by atoms with van der Waals surface area (Å²) >= 11 is 5.43. The number of ether oxygens (including phenoxy) is 1. The summed E-state index contributed by atoms with van der Waals surface area (Å²) in [4.78, 5) is 11.5. The van der Waals surface area contributed by atoms with Crippen LogP contribution in [0.4, 0.5) is 0 Å². The van der Waals surface area contributed by atoms with Crippen LogP contribution in [-0.4, -0.2) is 36.7 Å². The zero-order valence-electron chi connectivity index (χ0n) is 9.16. The van der Waals surface area contributed by atoms with Gasteiger partial charge in [0.05, 0.1) is 6.61 Å². The molecule has 1 aromatic heterocycles. The normalized spacial score (nSPS) is 10.4. The van der Waals surface area contributed by atoms with Gasteiger partial charge in [-0.1, -0.05) is 5.16 Å². The Morgan fingerprint density at radius 2 is 2.44 bits per heavy atom. The quantitative estimate of drug-likeness (QED) is 0.583. The van der Waals surface area contributed by atoms with E-state index in [0.717, 1.165) is 6.42 Å². The predicted octanol–water partition coefficient (Wildman–Crippen LogP) is 1.36. The second-order valence-corrected chi connectivity index (χ2v) is 3.61. The van der Waals surface area contributed by atoms with Crippen LogP contribution in [0.15, 0.2) is 10.6 Å². The van der Waals surface area contributed by atoms with Gasteiger partial charge in [-0.05, 0) is 13.3 Å². The Morgan fingerprint density at radius 3 is 3.06 bits per heavy atom. The molecule has 0 unspecified atom stereocenters. The van der Waals surface area contributed by atoms with E-state index in [2.05, 4.69) is 10.5 Å². The number of nitrogens with one attached hydrogen (secondary N) is 1. The molecule has 6 heteroatoms. The van der Waals surface area contributed by atoms with E-state index in [-0.39, 0.29) is 5.91 Å². The van der Waals surface area contributed by atoms with Crippen molar-refractivity contribution in [2.75, 3.05) is 25.6 Å². The van der Waals surface area contributed by atoms with E-state index in [1.807, 2.05) is 0 Å². The van der Waals surface area contributed by atoms with Gasteiger partial charge < -0.3 is 14.6 Å². The Labute approximate surface area is 99.1 Å². The van der Waals surface area contributed by atoms with E-state index in [1.165, 1.54) is 0 Å². The van der Waals surface area contributed by atoms with Crippen LogP contribution >= 0.6 is 11.6 Å². The molecule has 0 atom stereocenters. The zero-order chi connectivity index (χ0) is 11.8. The number of rotatable bonds is 7. The fourth-order valence-corrected chi connectivity index (χ4v) is 1.21. The number of hydrogen-bond donors (Lipinski definition) is 1. The topological polar surface area (TPSA) is 64.4 Å². The maximum atomic E-state index is 11.5. The Hall–Kier alpha value is -1.07. The van der Waals surface area contributed by atoms with E-state index in [1.54, 1.807) is 13.0 Å². The number of hydrogen-bond acceptors (Lipinski definition) is 4. The van der Waals surface area contributed by atoms with E-state index < -0.39 is 0 Å². The molecule has 0 saturated heterocycles. The first-order valence-electron chi connectivity index (χ1n) is 5.09. The van der Waals surface area contributed by atoms with Gasteiger partial charge >= 0.3 is 0 Å². The number of halogens is 1. The number of carbonyl (C=O) groups is 1. The maximum absolute atomic E-state index is 11.5. The molecule has 0 spiro atoms.